The molecule has 0 bridgehead atoms. The van der Waals surface area contributed by atoms with Gasteiger partial charge in [0.15, 0.2) is 5.58 Å². The van der Waals surface area contributed by atoms with Crippen LogP contribution in [0, 0.1) is 0 Å². The predicted octanol–water partition coefficient (Wildman–Crippen LogP) is 4.05. The fraction of sp³-hybridized carbons (Fsp3) is 0.263. The normalized spacial score (nSPS) is 11.6. The fourth-order valence-electron chi connectivity index (χ4n) is 2.85. The van der Waals surface area contributed by atoms with Gasteiger partial charge in [0.1, 0.15) is 5.52 Å². The summed E-state index contributed by atoms with van der Waals surface area (Å²) in [5, 5.41) is 0.469. The van der Waals surface area contributed by atoms with Crippen molar-refractivity contribution in [2.75, 3.05) is 18.0 Å². The van der Waals surface area contributed by atoms with Gasteiger partial charge in [-0.25, -0.2) is 17.5 Å². The lowest BCUT2D eigenvalue weighted by molar-refractivity contribution is 0.0599. The summed E-state index contributed by atoms with van der Waals surface area (Å²) in [4.78, 5) is 16.3. The van der Waals surface area contributed by atoms with E-state index < -0.39 is 16.0 Å². The van der Waals surface area contributed by atoms with Crippen molar-refractivity contribution in [1.29, 1.82) is 0 Å². The van der Waals surface area contributed by atoms with Crippen LogP contribution in [0.15, 0.2) is 45.7 Å². The Morgan fingerprint density at radius 1 is 1.21 bits per heavy atom. The Morgan fingerprint density at radius 2 is 1.96 bits per heavy atom. The predicted molar refractivity (Wildman–Crippen MR) is 106 cm³/mol. The van der Waals surface area contributed by atoms with E-state index >= 15 is 0 Å². The van der Waals surface area contributed by atoms with Crippen molar-refractivity contribution < 1.29 is 22.4 Å². The Balaban J connectivity index is 2.09. The Bertz CT molecular complexity index is 1140. The molecular formula is C19H19ClN2O5S. The van der Waals surface area contributed by atoms with Crippen LogP contribution < -0.4 is 4.31 Å². The number of anilines is 1. The number of nitrogens with zero attached hydrogens (tertiary/aromatic N) is 2. The minimum atomic E-state index is -4.01. The van der Waals surface area contributed by atoms with Crippen LogP contribution in [0.3, 0.4) is 0 Å². The zero-order chi connectivity index (χ0) is 20.5. The van der Waals surface area contributed by atoms with Gasteiger partial charge in [-0.1, -0.05) is 24.6 Å². The van der Waals surface area contributed by atoms with E-state index in [0.29, 0.717) is 28.1 Å². The smallest absolute Gasteiger partial charge is 0.338 e. The number of aryl methyl sites for hydroxylation is 1. The molecule has 3 rings (SSSR count). The molecule has 7 nitrogen and oxygen atoms in total. The number of esters is 1. The molecule has 0 saturated carbocycles. The number of carbonyl (C=O) groups excluding carboxylic acids is 1. The van der Waals surface area contributed by atoms with Gasteiger partial charge in [0, 0.05) is 11.6 Å². The number of rotatable bonds is 6. The molecule has 148 valence electrons. The quantitative estimate of drug-likeness (QED) is 0.557. The molecule has 0 aliphatic rings. The van der Waals surface area contributed by atoms with Crippen LogP contribution in [-0.4, -0.2) is 33.0 Å². The van der Waals surface area contributed by atoms with Crippen molar-refractivity contribution in [2.24, 2.45) is 0 Å². The third-order valence-electron chi connectivity index (χ3n) is 4.29. The lowest BCUT2D eigenvalue weighted by Gasteiger charge is -2.19. The Morgan fingerprint density at radius 3 is 2.61 bits per heavy atom. The molecule has 0 aliphatic heterocycles. The molecule has 0 aliphatic carbocycles. The van der Waals surface area contributed by atoms with E-state index in [9.17, 15) is 13.2 Å². The number of methoxy groups -OCH3 is 1. The summed E-state index contributed by atoms with van der Waals surface area (Å²) < 4.78 is 37.9. The lowest BCUT2D eigenvalue weighted by Crippen LogP contribution is -2.31. The molecule has 0 unspecified atom stereocenters. The molecule has 3 aromatic rings. The average Bonchev–Trinajstić information content (AvgIpc) is 3.09. The highest BCUT2D eigenvalue weighted by Gasteiger charge is 2.29. The number of halogens is 1. The maximum atomic E-state index is 13.2. The SMILES string of the molecule is CCc1ccc(S(=O)(=O)N(CC)c2nc3cc(Cl)ccc3o2)cc1C(=O)OC. The summed E-state index contributed by atoms with van der Waals surface area (Å²) in [7, 11) is -2.76. The van der Waals surface area contributed by atoms with Gasteiger partial charge in [-0.05, 0) is 49.2 Å². The minimum Gasteiger partial charge on any atom is -0.465 e. The highest BCUT2D eigenvalue weighted by molar-refractivity contribution is 7.92. The van der Waals surface area contributed by atoms with E-state index in [4.69, 9.17) is 20.8 Å². The van der Waals surface area contributed by atoms with Crippen molar-refractivity contribution in [3.05, 3.63) is 52.5 Å². The molecule has 0 saturated heterocycles. The topological polar surface area (TPSA) is 89.7 Å². The first-order valence-electron chi connectivity index (χ1n) is 8.61. The summed E-state index contributed by atoms with van der Waals surface area (Å²) in [5.41, 5.74) is 1.79. The average molecular weight is 423 g/mol. The number of hydrogen-bond donors (Lipinski definition) is 0. The minimum absolute atomic E-state index is 0.0489. The number of carbonyl (C=O) groups is 1. The number of fused-ring (bicyclic) bond motifs is 1. The lowest BCUT2D eigenvalue weighted by atomic mass is 10.1. The van der Waals surface area contributed by atoms with Crippen LogP contribution in [-0.2, 0) is 21.2 Å². The third kappa shape index (κ3) is 3.57. The number of sulfonamides is 1. The molecule has 0 N–H and O–H groups in total. The van der Waals surface area contributed by atoms with Crippen molar-refractivity contribution in [1.82, 2.24) is 4.98 Å². The van der Waals surface area contributed by atoms with E-state index in [1.54, 1.807) is 31.2 Å². The molecule has 0 amide bonds. The Hall–Kier alpha value is -2.58. The zero-order valence-electron chi connectivity index (χ0n) is 15.6. The van der Waals surface area contributed by atoms with Gasteiger partial charge < -0.3 is 9.15 Å². The molecule has 1 heterocycles. The number of ether oxygens (including phenoxy) is 1. The number of benzene rings is 2. The van der Waals surface area contributed by atoms with Crippen molar-refractivity contribution in [3.8, 4) is 0 Å². The molecule has 9 heteroatoms. The molecule has 1 aromatic heterocycles. The van der Waals surface area contributed by atoms with Gasteiger partial charge >= 0.3 is 12.0 Å². The second kappa shape index (κ2) is 7.81. The molecule has 2 aromatic carbocycles. The Kier molecular flexibility index (Phi) is 5.62. The maximum Gasteiger partial charge on any atom is 0.338 e. The number of hydrogen-bond acceptors (Lipinski definition) is 6. The van der Waals surface area contributed by atoms with Gasteiger partial charge in [-0.15, -0.1) is 0 Å². The van der Waals surface area contributed by atoms with E-state index in [2.05, 4.69) is 4.98 Å². The first kappa shape index (κ1) is 20.2. The van der Waals surface area contributed by atoms with Crippen LogP contribution in [0.5, 0.6) is 0 Å². The third-order valence-corrected chi connectivity index (χ3v) is 6.37. The summed E-state index contributed by atoms with van der Waals surface area (Å²) in [6.07, 6.45) is 0.564. The molecular weight excluding hydrogens is 404 g/mol. The van der Waals surface area contributed by atoms with Crippen molar-refractivity contribution in [3.63, 3.8) is 0 Å². The zero-order valence-corrected chi connectivity index (χ0v) is 17.2. The van der Waals surface area contributed by atoms with E-state index in [-0.39, 0.29) is 23.0 Å². The van der Waals surface area contributed by atoms with E-state index in [1.807, 2.05) is 6.92 Å². The first-order chi connectivity index (χ1) is 13.3. The van der Waals surface area contributed by atoms with Gasteiger partial charge in [0.05, 0.1) is 17.6 Å². The fourth-order valence-corrected chi connectivity index (χ4v) is 4.41. The molecule has 0 radical (unpaired) electrons. The summed E-state index contributed by atoms with van der Waals surface area (Å²) in [5.74, 6) is -0.589. The summed E-state index contributed by atoms with van der Waals surface area (Å²) in [6.45, 7) is 3.63. The highest BCUT2D eigenvalue weighted by atomic mass is 35.5. The molecule has 0 fully saturated rings. The van der Waals surface area contributed by atoms with Crippen molar-refractivity contribution in [2.45, 2.75) is 25.2 Å². The van der Waals surface area contributed by atoms with Crippen LogP contribution >= 0.6 is 11.6 Å². The van der Waals surface area contributed by atoms with Gasteiger partial charge in [-0.3, -0.25) is 0 Å². The van der Waals surface area contributed by atoms with Gasteiger partial charge in [0.2, 0.25) is 0 Å². The second-order valence-corrected chi connectivity index (χ2v) is 8.24. The highest BCUT2D eigenvalue weighted by Crippen LogP contribution is 2.29. The summed E-state index contributed by atoms with van der Waals surface area (Å²) >= 11 is 5.96. The monoisotopic (exact) mass is 422 g/mol. The van der Waals surface area contributed by atoms with E-state index in [0.717, 1.165) is 4.31 Å². The number of oxazole rings is 1. The van der Waals surface area contributed by atoms with Crippen LogP contribution in [0.2, 0.25) is 5.02 Å². The van der Waals surface area contributed by atoms with E-state index in [1.165, 1.54) is 19.2 Å². The van der Waals surface area contributed by atoms with Gasteiger partial charge in [-0.2, -0.15) is 4.98 Å². The largest absolute Gasteiger partial charge is 0.465 e. The van der Waals surface area contributed by atoms with Crippen LogP contribution in [0.1, 0.15) is 29.8 Å². The van der Waals surface area contributed by atoms with Crippen LogP contribution in [0.25, 0.3) is 11.1 Å². The Labute approximate surface area is 167 Å². The molecule has 0 spiro atoms. The second-order valence-electron chi connectivity index (χ2n) is 5.94. The molecule has 0 atom stereocenters. The molecule has 28 heavy (non-hydrogen) atoms. The van der Waals surface area contributed by atoms with Crippen LogP contribution in [0.4, 0.5) is 6.01 Å². The van der Waals surface area contributed by atoms with Gasteiger partial charge in [0.25, 0.3) is 10.0 Å². The number of aromatic nitrogens is 1. The first-order valence-corrected chi connectivity index (χ1v) is 10.4. The maximum absolute atomic E-state index is 13.2. The van der Waals surface area contributed by atoms with Crippen molar-refractivity contribution >= 4 is 44.7 Å². The summed E-state index contributed by atoms with van der Waals surface area (Å²) in [6, 6.07) is 9.17. The standard InChI is InChI=1S/C19H19ClN2O5S/c1-4-12-6-8-14(11-15(12)18(23)26-3)28(24,25)22(5-2)19-21-16-10-13(20)7-9-17(16)27-19/h6-11H,4-5H2,1-3H3.